The summed E-state index contributed by atoms with van der Waals surface area (Å²) in [5, 5.41) is 0. The monoisotopic (exact) mass is 227 g/mol. The van der Waals surface area contributed by atoms with Crippen LogP contribution < -0.4 is 0 Å². The highest BCUT2D eigenvalue weighted by Gasteiger charge is 2.45. The van der Waals surface area contributed by atoms with Crippen molar-refractivity contribution in [2.45, 2.75) is 44.9 Å². The Balaban J connectivity index is 1.63. The van der Waals surface area contributed by atoms with Crippen molar-refractivity contribution in [2.75, 3.05) is 0 Å². The molecule has 3 fully saturated rings. The minimum atomic E-state index is 0.826. The molecule has 0 N–H and O–H groups in total. The van der Waals surface area contributed by atoms with Crippen LogP contribution in [0.1, 0.15) is 44.9 Å². The largest absolute Gasteiger partial charge is 0.0841 e. The van der Waals surface area contributed by atoms with E-state index in [1.54, 1.807) is 0 Å². The predicted octanol–water partition coefficient (Wildman–Crippen LogP) is 4.54. The average molecular weight is 227 g/mol. The molecule has 5 atom stereocenters. The molecule has 0 nitrogen and oxygen atoms in total. The lowest BCUT2D eigenvalue weighted by atomic mass is 9.58. The first-order valence-electron chi connectivity index (χ1n) is 7.63. The molecule has 1 radical (unpaired) electrons. The molecular formula is C17H23. The van der Waals surface area contributed by atoms with E-state index in [1.165, 1.54) is 44.9 Å². The maximum Gasteiger partial charge on any atom is -0.00201 e. The van der Waals surface area contributed by atoms with E-state index in [1.807, 2.05) is 5.57 Å². The lowest BCUT2D eigenvalue weighted by molar-refractivity contribution is 0.104. The second-order valence-electron chi connectivity index (χ2n) is 6.54. The number of allylic oxidation sites excluding steroid dienone is 4. The molecule has 0 aliphatic heterocycles. The first-order chi connectivity index (χ1) is 8.43. The standard InChI is InChI=1S/C17H23/c1-2-6-14-12(4-1)8-10-17-15-7-3-5-13(15)9-11-16(14)17/h1,4-6,12-13,15-17H,2-3,7-11H2. The molecule has 3 saturated carbocycles. The fourth-order valence-corrected chi connectivity index (χ4v) is 5.24. The number of hydrogen-bond donors (Lipinski definition) is 0. The summed E-state index contributed by atoms with van der Waals surface area (Å²) in [5.74, 6) is 4.88. The number of fused-ring (bicyclic) bond motifs is 5. The minimum Gasteiger partial charge on any atom is -0.0841 e. The molecule has 0 aromatic rings. The zero-order chi connectivity index (χ0) is 11.2. The van der Waals surface area contributed by atoms with Gasteiger partial charge in [0.2, 0.25) is 0 Å². The Kier molecular flexibility index (Phi) is 2.45. The first-order valence-corrected chi connectivity index (χ1v) is 7.63. The molecule has 4 aliphatic carbocycles. The molecule has 0 aromatic heterocycles. The van der Waals surface area contributed by atoms with Gasteiger partial charge in [-0.3, -0.25) is 0 Å². The Morgan fingerprint density at radius 3 is 2.94 bits per heavy atom. The van der Waals surface area contributed by atoms with Crippen molar-refractivity contribution >= 4 is 0 Å². The number of rotatable bonds is 0. The van der Waals surface area contributed by atoms with Gasteiger partial charge in [-0.2, -0.15) is 0 Å². The highest BCUT2D eigenvalue weighted by molar-refractivity contribution is 5.26. The lowest BCUT2D eigenvalue weighted by Gasteiger charge is -2.47. The van der Waals surface area contributed by atoms with E-state index in [0.29, 0.717) is 0 Å². The highest BCUT2D eigenvalue weighted by Crippen LogP contribution is 2.55. The fraction of sp³-hybridized carbons (Fsp3) is 0.706. The molecule has 0 heterocycles. The van der Waals surface area contributed by atoms with Crippen molar-refractivity contribution in [3.8, 4) is 0 Å². The third kappa shape index (κ3) is 1.56. The van der Waals surface area contributed by atoms with E-state index >= 15 is 0 Å². The highest BCUT2D eigenvalue weighted by atomic mass is 14.5. The molecule has 4 aliphatic rings. The van der Waals surface area contributed by atoms with E-state index in [2.05, 4.69) is 24.6 Å². The summed E-state index contributed by atoms with van der Waals surface area (Å²) in [5.41, 5.74) is 1.84. The molecule has 91 valence electrons. The van der Waals surface area contributed by atoms with Gasteiger partial charge in [0.05, 0.1) is 0 Å². The second kappa shape index (κ2) is 4.00. The van der Waals surface area contributed by atoms with Gasteiger partial charge in [0, 0.05) is 0 Å². The molecule has 17 heavy (non-hydrogen) atoms. The molecule has 4 rings (SSSR count). The topological polar surface area (TPSA) is 0 Å². The second-order valence-corrected chi connectivity index (χ2v) is 6.54. The van der Waals surface area contributed by atoms with Crippen molar-refractivity contribution in [3.05, 3.63) is 30.2 Å². The van der Waals surface area contributed by atoms with Gasteiger partial charge in [-0.1, -0.05) is 23.8 Å². The molecular weight excluding hydrogens is 204 g/mol. The van der Waals surface area contributed by atoms with Crippen LogP contribution in [0.2, 0.25) is 0 Å². The third-order valence-corrected chi connectivity index (χ3v) is 5.92. The van der Waals surface area contributed by atoms with E-state index in [-0.39, 0.29) is 0 Å². The molecule has 5 unspecified atom stereocenters. The average Bonchev–Trinajstić information content (AvgIpc) is 2.86. The summed E-state index contributed by atoms with van der Waals surface area (Å²) in [4.78, 5) is 0. The fourth-order valence-electron chi connectivity index (χ4n) is 5.24. The van der Waals surface area contributed by atoms with Gasteiger partial charge >= 0.3 is 0 Å². The Labute approximate surface area is 105 Å². The summed E-state index contributed by atoms with van der Waals surface area (Å²) in [6, 6.07) is 0. The van der Waals surface area contributed by atoms with Gasteiger partial charge in [-0.05, 0) is 81.0 Å². The van der Waals surface area contributed by atoms with Crippen LogP contribution in [-0.4, -0.2) is 0 Å². The molecule has 0 bridgehead atoms. The lowest BCUT2D eigenvalue weighted by Crippen LogP contribution is -2.38. The Morgan fingerprint density at radius 1 is 0.941 bits per heavy atom. The molecule has 0 saturated heterocycles. The summed E-state index contributed by atoms with van der Waals surface area (Å²) < 4.78 is 0. The van der Waals surface area contributed by atoms with Crippen molar-refractivity contribution in [1.29, 1.82) is 0 Å². The Hall–Kier alpha value is -0.520. The maximum atomic E-state index is 2.64. The van der Waals surface area contributed by atoms with E-state index in [9.17, 15) is 0 Å². The summed E-state index contributed by atoms with van der Waals surface area (Å²) in [6.45, 7) is 0. The summed E-state index contributed by atoms with van der Waals surface area (Å²) >= 11 is 0. The SMILES string of the molecule is [CH]1CCC2C1CCC1C3=CCC=CC3CCC12. The van der Waals surface area contributed by atoms with Crippen LogP contribution in [0, 0.1) is 36.0 Å². The Morgan fingerprint density at radius 2 is 1.94 bits per heavy atom. The molecule has 0 aromatic carbocycles. The van der Waals surface area contributed by atoms with Gasteiger partial charge in [0.1, 0.15) is 0 Å². The van der Waals surface area contributed by atoms with Crippen LogP contribution in [0.3, 0.4) is 0 Å². The van der Waals surface area contributed by atoms with Crippen LogP contribution in [0.15, 0.2) is 23.8 Å². The maximum absolute atomic E-state index is 2.64. The van der Waals surface area contributed by atoms with Crippen molar-refractivity contribution < 1.29 is 0 Å². The van der Waals surface area contributed by atoms with Crippen LogP contribution >= 0.6 is 0 Å². The van der Waals surface area contributed by atoms with Gasteiger partial charge < -0.3 is 0 Å². The van der Waals surface area contributed by atoms with Crippen molar-refractivity contribution in [2.24, 2.45) is 29.6 Å². The Bertz CT molecular complexity index is 362. The van der Waals surface area contributed by atoms with Crippen LogP contribution in [0.25, 0.3) is 0 Å². The van der Waals surface area contributed by atoms with Crippen molar-refractivity contribution in [3.63, 3.8) is 0 Å². The van der Waals surface area contributed by atoms with Gasteiger partial charge in [-0.25, -0.2) is 0 Å². The first kappa shape index (κ1) is 10.4. The van der Waals surface area contributed by atoms with Crippen molar-refractivity contribution in [1.82, 2.24) is 0 Å². The zero-order valence-electron chi connectivity index (χ0n) is 10.6. The van der Waals surface area contributed by atoms with Crippen LogP contribution in [-0.2, 0) is 0 Å². The molecule has 0 heteroatoms. The number of hydrogen-bond acceptors (Lipinski definition) is 0. The smallest absolute Gasteiger partial charge is 0.00201 e. The molecule has 0 spiro atoms. The van der Waals surface area contributed by atoms with Crippen LogP contribution in [0.5, 0.6) is 0 Å². The minimum absolute atomic E-state index is 0.826. The van der Waals surface area contributed by atoms with Gasteiger partial charge in [0.15, 0.2) is 0 Å². The molecule has 0 amide bonds. The van der Waals surface area contributed by atoms with E-state index < -0.39 is 0 Å². The predicted molar refractivity (Wildman–Crippen MR) is 71.3 cm³/mol. The van der Waals surface area contributed by atoms with Crippen LogP contribution in [0.4, 0.5) is 0 Å². The van der Waals surface area contributed by atoms with Gasteiger partial charge in [-0.15, -0.1) is 0 Å². The van der Waals surface area contributed by atoms with E-state index in [0.717, 1.165) is 29.6 Å². The zero-order valence-corrected chi connectivity index (χ0v) is 10.6. The van der Waals surface area contributed by atoms with E-state index in [4.69, 9.17) is 0 Å². The normalized spacial score (nSPS) is 48.0. The summed E-state index contributed by atoms with van der Waals surface area (Å²) in [7, 11) is 0. The third-order valence-electron chi connectivity index (χ3n) is 5.92. The summed E-state index contributed by atoms with van der Waals surface area (Å²) in [6.07, 6.45) is 20.1. The quantitative estimate of drug-likeness (QED) is 0.533. The van der Waals surface area contributed by atoms with Gasteiger partial charge in [0.25, 0.3) is 0 Å².